The van der Waals surface area contributed by atoms with Crippen molar-refractivity contribution in [3.63, 3.8) is 0 Å². The molecule has 9 heteroatoms. The monoisotopic (exact) mass is 410 g/mol. The van der Waals surface area contributed by atoms with Gasteiger partial charge in [-0.15, -0.1) is 0 Å². The lowest BCUT2D eigenvalue weighted by Gasteiger charge is -2.34. The second-order valence-corrected chi connectivity index (χ2v) is 8.65. The minimum absolute atomic E-state index is 0.0806. The first-order valence-electron chi connectivity index (χ1n) is 8.95. The molecule has 2 aromatic carbocycles. The Kier molecular flexibility index (Phi) is 6.07. The highest BCUT2D eigenvalue weighted by atomic mass is 32.2. The molecular formula is C19H22F2N3O3S+. The summed E-state index contributed by atoms with van der Waals surface area (Å²) in [5.41, 5.74) is -0.0806. The summed E-state index contributed by atoms with van der Waals surface area (Å²) in [5, 5.41) is 2.47. The van der Waals surface area contributed by atoms with Crippen LogP contribution in [0.15, 0.2) is 53.4 Å². The molecular weight excluding hydrogens is 388 g/mol. The minimum atomic E-state index is -3.56. The second kappa shape index (κ2) is 8.34. The summed E-state index contributed by atoms with van der Waals surface area (Å²) in [6.07, 6.45) is 0. The molecule has 150 valence electrons. The van der Waals surface area contributed by atoms with Crippen molar-refractivity contribution in [2.45, 2.75) is 17.9 Å². The van der Waals surface area contributed by atoms with Crippen LogP contribution in [-0.2, 0) is 14.8 Å². The molecule has 0 unspecified atom stereocenters. The maximum Gasteiger partial charge on any atom is 0.282 e. The van der Waals surface area contributed by atoms with E-state index in [-0.39, 0.29) is 23.7 Å². The zero-order valence-corrected chi connectivity index (χ0v) is 16.2. The molecule has 0 aromatic heterocycles. The lowest BCUT2D eigenvalue weighted by atomic mass is 10.2. The molecule has 0 aliphatic carbocycles. The number of sulfonamides is 1. The smallest absolute Gasteiger partial charge is 0.282 e. The second-order valence-electron chi connectivity index (χ2n) is 6.71. The van der Waals surface area contributed by atoms with Gasteiger partial charge < -0.3 is 10.2 Å². The number of nitrogens with zero attached hydrogens (tertiary/aromatic N) is 1. The summed E-state index contributed by atoms with van der Waals surface area (Å²) in [4.78, 5) is 13.6. The Hall–Kier alpha value is -2.36. The fraction of sp³-hybridized carbons (Fsp3) is 0.316. The van der Waals surface area contributed by atoms with Crippen LogP contribution in [0.2, 0.25) is 0 Å². The summed E-state index contributed by atoms with van der Waals surface area (Å²) >= 11 is 0. The van der Waals surface area contributed by atoms with Crippen LogP contribution in [0.4, 0.5) is 14.5 Å². The van der Waals surface area contributed by atoms with Crippen molar-refractivity contribution in [1.82, 2.24) is 4.31 Å². The normalized spacial score (nSPS) is 17.2. The number of piperazine rings is 1. The Morgan fingerprint density at radius 2 is 1.75 bits per heavy atom. The van der Waals surface area contributed by atoms with Crippen molar-refractivity contribution in [2.24, 2.45) is 0 Å². The van der Waals surface area contributed by atoms with E-state index < -0.39 is 33.6 Å². The van der Waals surface area contributed by atoms with Gasteiger partial charge in [0.25, 0.3) is 5.91 Å². The van der Waals surface area contributed by atoms with Gasteiger partial charge in [-0.25, -0.2) is 17.2 Å². The quantitative estimate of drug-likeness (QED) is 0.769. The van der Waals surface area contributed by atoms with Crippen LogP contribution < -0.4 is 10.2 Å². The van der Waals surface area contributed by atoms with E-state index in [0.29, 0.717) is 19.2 Å². The summed E-state index contributed by atoms with van der Waals surface area (Å²) in [5.74, 6) is -1.96. The molecule has 1 aliphatic heterocycles. The lowest BCUT2D eigenvalue weighted by molar-refractivity contribution is -0.917. The third-order valence-electron chi connectivity index (χ3n) is 4.94. The first-order valence-corrected chi connectivity index (χ1v) is 10.4. The topological polar surface area (TPSA) is 70.9 Å². The Balaban J connectivity index is 1.60. The van der Waals surface area contributed by atoms with Crippen LogP contribution in [0.25, 0.3) is 0 Å². The molecule has 1 saturated heterocycles. The van der Waals surface area contributed by atoms with E-state index in [2.05, 4.69) is 5.32 Å². The van der Waals surface area contributed by atoms with Gasteiger partial charge in [-0.3, -0.25) is 4.79 Å². The van der Waals surface area contributed by atoms with Crippen molar-refractivity contribution in [3.05, 3.63) is 60.2 Å². The SMILES string of the molecule is C[C@@H](C(=O)Nc1ccc(F)cc1F)[NH+]1CCN(S(=O)(=O)c2ccccc2)CC1. The minimum Gasteiger partial charge on any atom is -0.323 e. The predicted octanol–water partition coefficient (Wildman–Crippen LogP) is 0.881. The standard InChI is InChI=1S/C19H21F2N3O3S/c1-14(19(25)22-18-8-7-15(20)13-17(18)21)23-9-11-24(12-10-23)28(26,27)16-5-3-2-4-6-16/h2-8,13-14H,9-12H2,1H3,(H,22,25)/p+1/t14-/m0/s1. The number of rotatable bonds is 5. The van der Waals surface area contributed by atoms with Gasteiger partial charge >= 0.3 is 0 Å². The number of anilines is 1. The van der Waals surface area contributed by atoms with E-state index in [1.54, 1.807) is 37.3 Å². The van der Waals surface area contributed by atoms with E-state index in [1.807, 2.05) is 0 Å². The zero-order chi connectivity index (χ0) is 20.3. The molecule has 1 fully saturated rings. The van der Waals surface area contributed by atoms with Crippen LogP contribution in [0.3, 0.4) is 0 Å². The van der Waals surface area contributed by atoms with Crippen LogP contribution in [-0.4, -0.2) is 50.9 Å². The molecule has 2 N–H and O–H groups in total. The van der Waals surface area contributed by atoms with E-state index in [0.717, 1.165) is 11.0 Å². The number of amides is 1. The molecule has 0 radical (unpaired) electrons. The number of carbonyl (C=O) groups is 1. The van der Waals surface area contributed by atoms with Crippen LogP contribution in [0.1, 0.15) is 6.92 Å². The summed E-state index contributed by atoms with van der Waals surface area (Å²) in [6, 6.07) is 10.7. The van der Waals surface area contributed by atoms with Gasteiger partial charge in [0, 0.05) is 6.07 Å². The zero-order valence-electron chi connectivity index (χ0n) is 15.4. The van der Waals surface area contributed by atoms with Crippen LogP contribution in [0.5, 0.6) is 0 Å². The molecule has 1 atom stereocenters. The highest BCUT2D eigenvalue weighted by molar-refractivity contribution is 7.89. The third kappa shape index (κ3) is 4.37. The average Bonchev–Trinajstić information content (AvgIpc) is 2.70. The van der Waals surface area contributed by atoms with Crippen LogP contribution >= 0.6 is 0 Å². The lowest BCUT2D eigenvalue weighted by Crippen LogP contribution is -3.19. The maximum atomic E-state index is 13.7. The predicted molar refractivity (Wildman–Crippen MR) is 100 cm³/mol. The first-order chi connectivity index (χ1) is 13.3. The number of hydrogen-bond donors (Lipinski definition) is 2. The van der Waals surface area contributed by atoms with Gasteiger partial charge in [-0.05, 0) is 31.2 Å². The molecule has 28 heavy (non-hydrogen) atoms. The van der Waals surface area contributed by atoms with Gasteiger partial charge in [-0.2, -0.15) is 4.31 Å². The number of benzene rings is 2. The number of halogens is 2. The van der Waals surface area contributed by atoms with Crippen molar-refractivity contribution in [3.8, 4) is 0 Å². The Morgan fingerprint density at radius 1 is 1.11 bits per heavy atom. The Labute approximate surface area is 162 Å². The number of nitrogens with one attached hydrogen (secondary N) is 2. The molecule has 0 spiro atoms. The molecule has 0 saturated carbocycles. The maximum absolute atomic E-state index is 13.7. The number of quaternary nitrogens is 1. The van der Waals surface area contributed by atoms with Gasteiger partial charge in [0.1, 0.15) is 11.6 Å². The van der Waals surface area contributed by atoms with Crippen molar-refractivity contribution >= 4 is 21.6 Å². The van der Waals surface area contributed by atoms with Crippen molar-refractivity contribution < 1.29 is 26.9 Å². The third-order valence-corrected chi connectivity index (χ3v) is 6.85. The highest BCUT2D eigenvalue weighted by Gasteiger charge is 2.34. The van der Waals surface area contributed by atoms with E-state index >= 15 is 0 Å². The van der Waals surface area contributed by atoms with Gasteiger partial charge in [-0.1, -0.05) is 18.2 Å². The molecule has 6 nitrogen and oxygen atoms in total. The fourth-order valence-electron chi connectivity index (χ4n) is 3.21. The van der Waals surface area contributed by atoms with Crippen molar-refractivity contribution in [2.75, 3.05) is 31.5 Å². The Bertz CT molecular complexity index is 946. The van der Waals surface area contributed by atoms with Crippen LogP contribution in [0, 0.1) is 11.6 Å². The summed E-state index contributed by atoms with van der Waals surface area (Å²) in [7, 11) is -3.56. The average molecular weight is 410 g/mol. The van der Waals surface area contributed by atoms with E-state index in [1.165, 1.54) is 10.4 Å². The van der Waals surface area contributed by atoms with Gasteiger partial charge in [0.2, 0.25) is 10.0 Å². The molecule has 1 heterocycles. The van der Waals surface area contributed by atoms with Gasteiger partial charge in [0.15, 0.2) is 6.04 Å². The van der Waals surface area contributed by atoms with Crippen molar-refractivity contribution in [1.29, 1.82) is 0 Å². The van der Waals surface area contributed by atoms with Gasteiger partial charge in [0.05, 0.1) is 36.8 Å². The Morgan fingerprint density at radius 3 is 2.36 bits per heavy atom. The number of carbonyl (C=O) groups excluding carboxylic acids is 1. The highest BCUT2D eigenvalue weighted by Crippen LogP contribution is 2.16. The number of hydrogen-bond acceptors (Lipinski definition) is 3. The first kappa shape index (κ1) is 20.4. The largest absolute Gasteiger partial charge is 0.323 e. The summed E-state index contributed by atoms with van der Waals surface area (Å²) < 4.78 is 53.5. The summed E-state index contributed by atoms with van der Waals surface area (Å²) in [6.45, 7) is 3.18. The molecule has 0 bridgehead atoms. The fourth-order valence-corrected chi connectivity index (χ4v) is 4.67. The molecule has 1 amide bonds. The molecule has 1 aliphatic rings. The van der Waals surface area contributed by atoms with E-state index in [4.69, 9.17) is 0 Å². The molecule has 2 aromatic rings. The molecule has 3 rings (SSSR count). The van der Waals surface area contributed by atoms with E-state index in [9.17, 15) is 22.0 Å².